The van der Waals surface area contributed by atoms with E-state index in [-0.39, 0.29) is 5.82 Å². The summed E-state index contributed by atoms with van der Waals surface area (Å²) in [5, 5.41) is 3.26. The summed E-state index contributed by atoms with van der Waals surface area (Å²) in [6.45, 7) is 0. The fraction of sp³-hybridized carbons (Fsp3) is 0. The Morgan fingerprint density at radius 1 is 0.900 bits per heavy atom. The molecule has 0 aliphatic rings. The average molecular weight is 245 g/mol. The Morgan fingerprint density at radius 3 is 1.55 bits per heavy atom. The van der Waals surface area contributed by atoms with Crippen LogP contribution in [-0.2, 0) is 0 Å². The molecule has 0 heterocycles. The molecular formula is C6H4B10FN3. The second kappa shape index (κ2) is 9.93. The van der Waals surface area contributed by atoms with Crippen molar-refractivity contribution in [2.75, 3.05) is 0 Å². The minimum Gasteiger partial charge on any atom is -0.207 e. The van der Waals surface area contributed by atoms with E-state index in [9.17, 15) is 4.39 Å². The zero-order valence-corrected chi connectivity index (χ0v) is 10.8. The molecule has 0 spiro atoms. The van der Waals surface area contributed by atoms with Crippen molar-refractivity contribution in [2.45, 2.75) is 0 Å². The van der Waals surface area contributed by atoms with Crippen molar-refractivity contribution in [3.8, 4) is 0 Å². The van der Waals surface area contributed by atoms with Gasteiger partial charge in [-0.25, -0.2) is 4.39 Å². The predicted octanol–water partition coefficient (Wildman–Crippen LogP) is -1.04. The first-order valence-electron chi connectivity index (χ1n) is 5.63. The number of hydrogen-bond donors (Lipinski definition) is 0. The van der Waals surface area contributed by atoms with Gasteiger partial charge >= 0.3 is 0 Å². The first-order valence-corrected chi connectivity index (χ1v) is 5.63. The van der Waals surface area contributed by atoms with E-state index >= 15 is 0 Å². The number of hydrogen-bond acceptors (Lipinski definition) is 1. The predicted molar refractivity (Wildman–Crippen MR) is 92.7 cm³/mol. The molecule has 1 aromatic carbocycles. The van der Waals surface area contributed by atoms with Crippen molar-refractivity contribution < 1.29 is 4.39 Å². The molecule has 0 aliphatic heterocycles. The third-order valence-corrected chi connectivity index (χ3v) is 2.32. The molecule has 0 atom stereocenters. The van der Waals surface area contributed by atoms with Crippen molar-refractivity contribution in [1.29, 1.82) is 0 Å². The summed E-state index contributed by atoms with van der Waals surface area (Å²) in [5.41, 5.74) is 8.37. The topological polar surface area (TPSA) is 48.8 Å². The summed E-state index contributed by atoms with van der Waals surface area (Å²) in [4.78, 5) is 2.54. The molecular weight excluding hydrogens is 241 g/mol. The van der Waals surface area contributed by atoms with Gasteiger partial charge in [0.05, 0.1) is 0 Å². The van der Waals surface area contributed by atoms with Gasteiger partial charge in [0.1, 0.15) is 5.82 Å². The molecule has 0 aromatic heterocycles. The number of halogens is 1. The van der Waals surface area contributed by atoms with Gasteiger partial charge in [0, 0.05) is 82.6 Å². The highest BCUT2D eigenvalue weighted by atomic mass is 19.1. The van der Waals surface area contributed by atoms with Crippen molar-refractivity contribution in [3.63, 3.8) is 0 Å². The number of azide groups is 1. The van der Waals surface area contributed by atoms with E-state index in [4.69, 9.17) is 52.0 Å². The van der Waals surface area contributed by atoms with E-state index in [1.165, 1.54) is 24.3 Å². The second-order valence-electron chi connectivity index (χ2n) is 3.98. The molecule has 3 nitrogen and oxygen atoms in total. The fourth-order valence-corrected chi connectivity index (χ4v) is 1.33. The molecule has 0 aliphatic carbocycles. The van der Waals surface area contributed by atoms with E-state index < -0.39 is 25.5 Å². The van der Waals surface area contributed by atoms with Crippen molar-refractivity contribution >= 4 is 77.7 Å². The minimum absolute atomic E-state index is 0.336. The number of nitrogens with zero attached hydrogens (tertiary/aromatic N) is 3. The standard InChI is InChI=1S/C6H4FN3.B10/c7-5-1-3-6(4-2-5)9-10-8;1-7(2)10(8(3)4)9(5)6/h1-4H;. The van der Waals surface area contributed by atoms with Crippen molar-refractivity contribution in [3.05, 3.63) is 40.5 Å². The van der Waals surface area contributed by atoms with Crippen LogP contribution in [0.4, 0.5) is 10.1 Å². The Bertz CT molecular complexity index is 414. The molecule has 0 saturated heterocycles. The van der Waals surface area contributed by atoms with Gasteiger partial charge in [0.2, 0.25) is 0 Å². The summed E-state index contributed by atoms with van der Waals surface area (Å²) in [6.07, 6.45) is -2.44. The van der Waals surface area contributed by atoms with E-state index in [0.29, 0.717) is 5.69 Å². The van der Waals surface area contributed by atoms with Crippen LogP contribution in [-0.4, -0.2) is 72.0 Å². The Balaban J connectivity index is 0.000000361. The number of benzene rings is 1. The molecule has 0 unspecified atom stereocenters. The van der Waals surface area contributed by atoms with Crippen LogP contribution in [0.15, 0.2) is 29.4 Å². The highest BCUT2D eigenvalue weighted by molar-refractivity contribution is 8.00. The van der Waals surface area contributed by atoms with Gasteiger partial charge in [-0.3, -0.25) is 0 Å². The van der Waals surface area contributed by atoms with Crippen LogP contribution in [0, 0.1) is 5.82 Å². The highest BCUT2D eigenvalue weighted by Gasteiger charge is 2.24. The van der Waals surface area contributed by atoms with Crippen LogP contribution in [0.5, 0.6) is 0 Å². The Labute approximate surface area is 128 Å². The molecule has 0 saturated carbocycles. The summed E-state index contributed by atoms with van der Waals surface area (Å²) >= 11 is 0. The van der Waals surface area contributed by atoms with Crippen molar-refractivity contribution in [2.24, 2.45) is 5.11 Å². The van der Waals surface area contributed by atoms with Gasteiger partial charge < -0.3 is 0 Å². The van der Waals surface area contributed by atoms with Crippen LogP contribution in [0.1, 0.15) is 0 Å². The van der Waals surface area contributed by atoms with Gasteiger partial charge in [0.25, 0.3) is 0 Å². The zero-order chi connectivity index (χ0) is 15.7. The summed E-state index contributed by atoms with van der Waals surface area (Å²) in [5.74, 6) is -0.336. The first kappa shape index (κ1) is 19.1. The third kappa shape index (κ3) is 7.64. The summed E-state index contributed by atoms with van der Waals surface area (Å²) in [6, 6.07) is 5.30. The molecule has 0 fully saturated rings. The molecule has 1 rings (SSSR count). The van der Waals surface area contributed by atoms with Gasteiger partial charge in [-0.05, 0) is 29.8 Å². The van der Waals surface area contributed by atoms with Crippen molar-refractivity contribution in [1.82, 2.24) is 0 Å². The maximum atomic E-state index is 12.2. The van der Waals surface area contributed by atoms with Gasteiger partial charge in [-0.1, -0.05) is 5.11 Å². The summed E-state index contributed by atoms with van der Waals surface area (Å²) < 4.78 is 12.2. The number of rotatable bonds is 4. The SMILES string of the molecule is [B]B([B])B(B([B])[B])B([B])[B].[N-]=[N+]=Nc1ccc(F)cc1. The van der Waals surface area contributed by atoms with Crippen LogP contribution in [0.2, 0.25) is 0 Å². The van der Waals surface area contributed by atoms with Gasteiger partial charge in [-0.2, -0.15) is 0 Å². The third-order valence-electron chi connectivity index (χ3n) is 2.32. The summed E-state index contributed by atoms with van der Waals surface area (Å²) in [7, 11) is 31.8. The molecule has 12 radical (unpaired) electrons. The molecule has 0 amide bonds. The molecule has 0 bridgehead atoms. The monoisotopic (exact) mass is 247 g/mol. The zero-order valence-electron chi connectivity index (χ0n) is 10.8. The van der Waals surface area contributed by atoms with Gasteiger partial charge in [0.15, 0.2) is 0 Å². The lowest BCUT2D eigenvalue weighted by Crippen LogP contribution is -2.62. The minimum atomic E-state index is -0.667. The fourth-order valence-electron chi connectivity index (χ4n) is 1.33. The smallest absolute Gasteiger partial charge is 0.123 e. The van der Waals surface area contributed by atoms with E-state index in [1.807, 2.05) is 0 Å². The van der Waals surface area contributed by atoms with Crippen LogP contribution in [0.25, 0.3) is 10.4 Å². The maximum Gasteiger partial charge on any atom is 0.123 e. The van der Waals surface area contributed by atoms with Crippen LogP contribution < -0.4 is 0 Å². The lowest BCUT2D eigenvalue weighted by molar-refractivity contribution is 0.628. The Morgan fingerprint density at radius 2 is 1.30 bits per heavy atom. The first-order chi connectivity index (χ1) is 9.29. The Kier molecular flexibility index (Phi) is 9.48. The quantitative estimate of drug-likeness (QED) is 0.282. The van der Waals surface area contributed by atoms with Gasteiger partial charge in [-0.15, -0.1) is 0 Å². The average Bonchev–Trinajstić information content (AvgIpc) is 2.31. The molecule has 14 heteroatoms. The van der Waals surface area contributed by atoms with E-state index in [1.54, 1.807) is 0 Å². The van der Waals surface area contributed by atoms with Crippen LogP contribution >= 0.6 is 0 Å². The maximum absolute atomic E-state index is 12.2. The molecule has 80 valence electrons. The largest absolute Gasteiger partial charge is 0.207 e. The van der Waals surface area contributed by atoms with Crippen LogP contribution in [0.3, 0.4) is 0 Å². The lowest BCUT2D eigenvalue weighted by atomic mass is 8.58. The normalized spacial score (nSPS) is 8.45. The van der Waals surface area contributed by atoms with E-state index in [0.717, 1.165) is 0 Å². The van der Waals surface area contributed by atoms with E-state index in [2.05, 4.69) is 10.0 Å². The molecule has 20 heavy (non-hydrogen) atoms. The highest BCUT2D eigenvalue weighted by Crippen LogP contribution is 2.11. The molecule has 0 N–H and O–H groups in total. The second-order valence-corrected chi connectivity index (χ2v) is 3.98. The molecule has 1 aromatic rings. The lowest BCUT2D eigenvalue weighted by Gasteiger charge is -2.23. The Hall–Kier alpha value is -0.891.